The van der Waals surface area contributed by atoms with E-state index in [9.17, 15) is 0 Å². The van der Waals surface area contributed by atoms with Crippen molar-refractivity contribution in [2.24, 2.45) is 0 Å². The van der Waals surface area contributed by atoms with E-state index in [1.165, 1.54) is 0 Å². The van der Waals surface area contributed by atoms with Crippen LogP contribution >= 0.6 is 0 Å². The van der Waals surface area contributed by atoms with Crippen molar-refractivity contribution in [2.75, 3.05) is 0 Å². The zero-order valence-corrected chi connectivity index (χ0v) is 7.60. The molecule has 0 spiro atoms. The van der Waals surface area contributed by atoms with Crippen molar-refractivity contribution in [1.82, 2.24) is 0 Å². The molecule has 6 nitrogen and oxygen atoms in total. The van der Waals surface area contributed by atoms with Crippen LogP contribution in [0.4, 0.5) is 0 Å². The minimum Gasteiger partial charge on any atom is -0.201 e. The zero-order chi connectivity index (χ0) is 9.40. The fourth-order valence-electron chi connectivity index (χ4n) is 0.212. The fourth-order valence-corrected chi connectivity index (χ4v) is 0.212. The molecule has 0 N–H and O–H groups in total. The highest BCUT2D eigenvalue weighted by Crippen LogP contribution is 1.94. The van der Waals surface area contributed by atoms with Gasteiger partial charge in [-0.25, -0.2) is 9.78 Å². The summed E-state index contributed by atoms with van der Waals surface area (Å²) in [5, 5.41) is 16.0. The van der Waals surface area contributed by atoms with Crippen molar-refractivity contribution >= 4 is 0 Å². The Balaban J connectivity index is 2.91. The van der Waals surface area contributed by atoms with Gasteiger partial charge in [0, 0.05) is 0 Å². The molecule has 0 aromatic heterocycles. The van der Waals surface area contributed by atoms with Gasteiger partial charge in [0.2, 0.25) is 0 Å². The first-order valence-electron chi connectivity index (χ1n) is 3.61. The third-order valence-electron chi connectivity index (χ3n) is 0.547. The predicted octanol–water partition coefficient (Wildman–Crippen LogP) is 1.48. The minimum atomic E-state index is -0.125. The van der Waals surface area contributed by atoms with Crippen molar-refractivity contribution in [3.05, 3.63) is 0 Å². The van der Waals surface area contributed by atoms with Crippen LogP contribution in [-0.4, -0.2) is 12.2 Å². The van der Waals surface area contributed by atoms with Crippen LogP contribution in [-0.2, 0) is 29.9 Å². The Hall–Kier alpha value is -0.240. The highest BCUT2D eigenvalue weighted by atomic mass is 17.8. The highest BCUT2D eigenvalue weighted by Gasteiger charge is 1.98. The van der Waals surface area contributed by atoms with Crippen LogP contribution < -0.4 is 0 Å². The Morgan fingerprint density at radius 1 is 0.583 bits per heavy atom. The fraction of sp³-hybridized carbons (Fsp3) is 1.00. The van der Waals surface area contributed by atoms with Crippen molar-refractivity contribution in [3.63, 3.8) is 0 Å². The second kappa shape index (κ2) is 7.41. The lowest BCUT2D eigenvalue weighted by molar-refractivity contribution is -0.761. The maximum atomic E-state index is 4.47. The molecule has 0 fully saturated rings. The van der Waals surface area contributed by atoms with Crippen molar-refractivity contribution < 1.29 is 29.9 Å². The quantitative estimate of drug-likeness (QED) is 0.337. The molecule has 0 atom stereocenters. The van der Waals surface area contributed by atoms with Gasteiger partial charge in [-0.1, -0.05) is 0 Å². The van der Waals surface area contributed by atoms with E-state index in [4.69, 9.17) is 0 Å². The van der Waals surface area contributed by atoms with Gasteiger partial charge >= 0.3 is 0 Å². The van der Waals surface area contributed by atoms with Crippen molar-refractivity contribution in [2.45, 2.75) is 39.9 Å². The molecule has 0 amide bonds. The molecule has 0 aromatic rings. The summed E-state index contributed by atoms with van der Waals surface area (Å²) in [4.78, 5) is 8.93. The monoisotopic (exact) mass is 182 g/mol. The first kappa shape index (κ1) is 11.8. The Labute approximate surface area is 70.9 Å². The summed E-state index contributed by atoms with van der Waals surface area (Å²) in [6.07, 6.45) is -0.251. The topological polar surface area (TPSA) is 55.4 Å². The summed E-state index contributed by atoms with van der Waals surface area (Å²) in [6.45, 7) is 7.04. The minimum absolute atomic E-state index is 0.125. The van der Waals surface area contributed by atoms with E-state index in [0.29, 0.717) is 0 Å². The third-order valence-corrected chi connectivity index (χ3v) is 0.547. The molecule has 0 aliphatic rings. The van der Waals surface area contributed by atoms with Crippen LogP contribution in [0, 0.1) is 0 Å². The average molecular weight is 182 g/mol. The SMILES string of the molecule is CC(C)OOOOOOC(C)C. The Kier molecular flexibility index (Phi) is 7.26. The first-order valence-corrected chi connectivity index (χ1v) is 3.61. The maximum Gasteiger partial charge on any atom is 0.0906 e. The largest absolute Gasteiger partial charge is 0.201 e. The molecule has 0 rings (SSSR count). The molecule has 0 saturated heterocycles. The van der Waals surface area contributed by atoms with Gasteiger partial charge in [-0.15, -0.1) is 0 Å². The molecule has 0 aromatic carbocycles. The first-order chi connectivity index (χ1) is 5.63. The molecule has 12 heavy (non-hydrogen) atoms. The van der Waals surface area contributed by atoms with Gasteiger partial charge in [-0.2, -0.15) is 0 Å². The Bertz CT molecular complexity index is 82.0. The number of hydrogen-bond acceptors (Lipinski definition) is 6. The normalized spacial score (nSPS) is 11.5. The van der Waals surface area contributed by atoms with Crippen LogP contribution in [0.25, 0.3) is 0 Å². The van der Waals surface area contributed by atoms with Gasteiger partial charge in [0.05, 0.1) is 12.2 Å². The van der Waals surface area contributed by atoms with Crippen LogP contribution in [0.5, 0.6) is 0 Å². The zero-order valence-electron chi connectivity index (χ0n) is 7.60. The van der Waals surface area contributed by atoms with E-state index >= 15 is 0 Å². The van der Waals surface area contributed by atoms with Gasteiger partial charge in [-0.05, 0) is 47.8 Å². The van der Waals surface area contributed by atoms with E-state index in [1.54, 1.807) is 27.7 Å². The summed E-state index contributed by atoms with van der Waals surface area (Å²) in [6, 6.07) is 0. The molecule has 0 bridgehead atoms. The number of rotatable bonds is 7. The standard InChI is InChI=1S/C6H14O6/c1-5(2)7-9-11-12-10-8-6(3)4/h5-6H,1-4H3. The van der Waals surface area contributed by atoms with Crippen molar-refractivity contribution in [1.29, 1.82) is 0 Å². The molecule has 0 radical (unpaired) electrons. The molecule has 0 unspecified atom stereocenters. The molecule has 6 heteroatoms. The Morgan fingerprint density at radius 2 is 0.917 bits per heavy atom. The number of hydrogen-bond donors (Lipinski definition) is 0. The average Bonchev–Trinajstić information content (AvgIpc) is 1.95. The summed E-state index contributed by atoms with van der Waals surface area (Å²) in [5.74, 6) is 0. The van der Waals surface area contributed by atoms with E-state index in [0.717, 1.165) is 0 Å². The van der Waals surface area contributed by atoms with Gasteiger partial charge < -0.3 is 0 Å². The summed E-state index contributed by atoms with van der Waals surface area (Å²) in [5.41, 5.74) is 0. The van der Waals surface area contributed by atoms with Crippen molar-refractivity contribution in [3.8, 4) is 0 Å². The lowest BCUT2D eigenvalue weighted by Crippen LogP contribution is -2.08. The van der Waals surface area contributed by atoms with Crippen LogP contribution in [0.3, 0.4) is 0 Å². The smallest absolute Gasteiger partial charge is 0.0906 e. The van der Waals surface area contributed by atoms with Gasteiger partial charge in [-0.3, -0.25) is 0 Å². The van der Waals surface area contributed by atoms with E-state index in [-0.39, 0.29) is 12.2 Å². The van der Waals surface area contributed by atoms with Crippen LogP contribution in [0.1, 0.15) is 27.7 Å². The second-order valence-electron chi connectivity index (χ2n) is 2.56. The molecular formula is C6H14O6. The molecule has 0 aliphatic heterocycles. The molecule has 0 aliphatic carbocycles. The lowest BCUT2D eigenvalue weighted by atomic mass is 10.5. The van der Waals surface area contributed by atoms with Gasteiger partial charge in [0.1, 0.15) is 0 Å². The molecule has 0 saturated carbocycles. The third kappa shape index (κ3) is 9.76. The lowest BCUT2D eigenvalue weighted by Gasteiger charge is -2.04. The van der Waals surface area contributed by atoms with Crippen LogP contribution in [0.15, 0.2) is 0 Å². The predicted molar refractivity (Wildman–Crippen MR) is 36.8 cm³/mol. The summed E-state index contributed by atoms with van der Waals surface area (Å²) < 4.78 is 0. The van der Waals surface area contributed by atoms with E-state index in [2.05, 4.69) is 29.9 Å². The molecule has 0 heterocycles. The van der Waals surface area contributed by atoms with E-state index in [1.807, 2.05) is 0 Å². The van der Waals surface area contributed by atoms with Crippen LogP contribution in [0.2, 0.25) is 0 Å². The van der Waals surface area contributed by atoms with Gasteiger partial charge in [0.25, 0.3) is 0 Å². The summed E-state index contributed by atoms with van der Waals surface area (Å²) >= 11 is 0. The van der Waals surface area contributed by atoms with E-state index < -0.39 is 0 Å². The Morgan fingerprint density at radius 3 is 1.17 bits per heavy atom. The maximum absolute atomic E-state index is 4.47. The molecule has 74 valence electrons. The van der Waals surface area contributed by atoms with Gasteiger partial charge in [0.15, 0.2) is 0 Å². The second-order valence-corrected chi connectivity index (χ2v) is 2.56. The highest BCUT2D eigenvalue weighted by molar-refractivity contribution is 4.25. The molecular weight excluding hydrogens is 168 g/mol. The summed E-state index contributed by atoms with van der Waals surface area (Å²) in [7, 11) is 0.